The zero-order chi connectivity index (χ0) is 2.71. The standard InChI is InChI=1S/CHNO.Fe.K.3H2O.H/c2-1-3;;;;;;/h3H;;;3*1H2;/q;;+1;;;;-1. The van der Waals surface area contributed by atoms with Gasteiger partial charge < -0.3 is 23.0 Å². The molecule has 0 spiro atoms. The van der Waals surface area contributed by atoms with Gasteiger partial charge in [0.25, 0.3) is 6.26 Å². The van der Waals surface area contributed by atoms with Gasteiger partial charge in [0.15, 0.2) is 0 Å². The first-order chi connectivity index (χ1) is 1.41. The number of rotatable bonds is 0. The molecule has 0 bridgehead atoms. The van der Waals surface area contributed by atoms with Crippen LogP contribution >= 0.6 is 0 Å². The molecule has 0 atom stereocenters. The van der Waals surface area contributed by atoms with Crippen molar-refractivity contribution in [1.29, 1.82) is 5.26 Å². The van der Waals surface area contributed by atoms with Crippen LogP contribution in [0, 0.1) is 11.5 Å². The molecule has 0 rings (SSSR count). The minimum Gasteiger partial charge on any atom is -1.00 e. The Kier molecular flexibility index (Phi) is 603. The van der Waals surface area contributed by atoms with Crippen LogP contribution in [0.15, 0.2) is 0 Å². The molecule has 7 N–H and O–H groups in total. The average molecular weight is 193 g/mol. The quantitative estimate of drug-likeness (QED) is 0.303. The van der Waals surface area contributed by atoms with Crippen molar-refractivity contribution in [3.63, 3.8) is 0 Å². The van der Waals surface area contributed by atoms with Crippen molar-refractivity contribution in [2.45, 2.75) is 0 Å². The Labute approximate surface area is 101 Å². The van der Waals surface area contributed by atoms with Crippen LogP contribution in [0.3, 0.4) is 0 Å². The second-order valence-corrected chi connectivity index (χ2v) is 0.100. The Morgan fingerprint density at radius 1 is 1.25 bits per heavy atom. The normalized spacial score (nSPS) is 0.875. The van der Waals surface area contributed by atoms with Crippen molar-refractivity contribution in [2.24, 2.45) is 0 Å². The molecular formula is CH8FeKNO4. The zero-order valence-corrected chi connectivity index (χ0v) is 8.48. The van der Waals surface area contributed by atoms with E-state index in [2.05, 4.69) is 0 Å². The second-order valence-electron chi connectivity index (χ2n) is 0.100. The minimum absolute atomic E-state index is 0. The number of aliphatic hydroxyl groups excluding tert-OH is 1. The molecule has 0 heterocycles. The number of nitrogens with zero attached hydrogens (tertiary/aromatic N) is 1. The van der Waals surface area contributed by atoms with Crippen LogP contribution in [-0.4, -0.2) is 21.5 Å². The van der Waals surface area contributed by atoms with Crippen LogP contribution in [0.25, 0.3) is 0 Å². The molecule has 0 unspecified atom stereocenters. The number of aliphatic hydroxyl groups is 1. The predicted octanol–water partition coefficient (Wildman–Crippen LogP) is -5.52. The van der Waals surface area contributed by atoms with E-state index in [4.69, 9.17) is 10.4 Å². The number of hydrogen-bond acceptors (Lipinski definition) is 2. The maximum atomic E-state index is 6.88. The molecule has 7 heteroatoms. The van der Waals surface area contributed by atoms with Gasteiger partial charge in [-0.25, -0.2) is 0 Å². The zero-order valence-electron chi connectivity index (χ0n) is 5.25. The van der Waals surface area contributed by atoms with E-state index in [0.29, 0.717) is 0 Å². The van der Waals surface area contributed by atoms with Crippen LogP contribution in [0.5, 0.6) is 0 Å². The van der Waals surface area contributed by atoms with Crippen LogP contribution in [0.1, 0.15) is 1.43 Å². The third kappa shape index (κ3) is 167. The van der Waals surface area contributed by atoms with Gasteiger partial charge in [-0.3, -0.25) is 0 Å². The maximum absolute atomic E-state index is 6.88. The first kappa shape index (κ1) is 58.4. The van der Waals surface area contributed by atoms with Gasteiger partial charge in [0.2, 0.25) is 0 Å². The third-order valence-corrected chi connectivity index (χ3v) is 0. The van der Waals surface area contributed by atoms with Crippen molar-refractivity contribution in [2.75, 3.05) is 0 Å². The fourth-order valence-corrected chi connectivity index (χ4v) is 0. The van der Waals surface area contributed by atoms with Crippen LogP contribution in [0.2, 0.25) is 0 Å². The van der Waals surface area contributed by atoms with Gasteiger partial charge in [0, 0.05) is 17.1 Å². The summed E-state index contributed by atoms with van der Waals surface area (Å²) in [5, 5.41) is 13.8. The van der Waals surface area contributed by atoms with E-state index in [0.717, 1.165) is 6.26 Å². The first-order valence-electron chi connectivity index (χ1n) is 0.447. The van der Waals surface area contributed by atoms with Gasteiger partial charge in [-0.05, 0) is 0 Å². The largest absolute Gasteiger partial charge is 1.00 e. The Morgan fingerprint density at radius 2 is 1.25 bits per heavy atom. The van der Waals surface area contributed by atoms with Crippen molar-refractivity contribution in [3.05, 3.63) is 0 Å². The van der Waals surface area contributed by atoms with Gasteiger partial charge >= 0.3 is 51.4 Å². The van der Waals surface area contributed by atoms with Gasteiger partial charge in [0.05, 0.1) is 0 Å². The Morgan fingerprint density at radius 3 is 1.25 bits per heavy atom. The fourth-order valence-electron chi connectivity index (χ4n) is 0. The molecular weight excluding hydrogens is 185 g/mol. The van der Waals surface area contributed by atoms with Crippen molar-refractivity contribution in [3.8, 4) is 6.26 Å². The summed E-state index contributed by atoms with van der Waals surface area (Å²) in [6.07, 6.45) is 0.750. The minimum atomic E-state index is 0. The first-order valence-corrected chi connectivity index (χ1v) is 0.447. The third-order valence-electron chi connectivity index (χ3n) is 0. The van der Waals surface area contributed by atoms with Gasteiger partial charge in [-0.1, -0.05) is 0 Å². The molecule has 0 aliphatic carbocycles. The summed E-state index contributed by atoms with van der Waals surface area (Å²) in [6.45, 7) is 0. The monoisotopic (exact) mass is 193 g/mol. The van der Waals surface area contributed by atoms with Crippen molar-refractivity contribution in [1.82, 2.24) is 0 Å². The maximum Gasteiger partial charge on any atom is 1.00 e. The summed E-state index contributed by atoms with van der Waals surface area (Å²) in [5.74, 6) is 0. The fraction of sp³-hybridized carbons (Fsp3) is 0. The molecule has 0 aromatic carbocycles. The second kappa shape index (κ2) is 82.6. The van der Waals surface area contributed by atoms with E-state index >= 15 is 0 Å². The Balaban J connectivity index is -0.00000000133. The Bertz CT molecular complexity index is 42.0. The summed E-state index contributed by atoms with van der Waals surface area (Å²) in [5.41, 5.74) is 0. The van der Waals surface area contributed by atoms with E-state index in [1.807, 2.05) is 0 Å². The molecule has 50 valence electrons. The molecule has 5 nitrogen and oxygen atoms in total. The predicted molar refractivity (Wildman–Crippen MR) is 19.5 cm³/mol. The van der Waals surface area contributed by atoms with Crippen molar-refractivity contribution >= 4 is 0 Å². The molecule has 0 saturated heterocycles. The molecule has 0 saturated carbocycles. The molecule has 0 aliphatic heterocycles. The number of nitriles is 1. The molecule has 0 aromatic heterocycles. The summed E-state index contributed by atoms with van der Waals surface area (Å²) >= 11 is 0. The van der Waals surface area contributed by atoms with Gasteiger partial charge in [0.1, 0.15) is 0 Å². The summed E-state index contributed by atoms with van der Waals surface area (Å²) in [6, 6.07) is 0. The van der Waals surface area contributed by atoms with Crippen LogP contribution in [-0.2, 0) is 17.1 Å². The smallest absolute Gasteiger partial charge is 1.00 e. The molecule has 0 amide bonds. The molecule has 0 aliphatic rings. The molecule has 0 fully saturated rings. The van der Waals surface area contributed by atoms with E-state index in [1.165, 1.54) is 0 Å². The average Bonchev–Trinajstić information content (AvgIpc) is 0.918. The van der Waals surface area contributed by atoms with Crippen LogP contribution in [0.4, 0.5) is 0 Å². The summed E-state index contributed by atoms with van der Waals surface area (Å²) in [7, 11) is 0. The van der Waals surface area contributed by atoms with E-state index in [-0.39, 0.29) is 86.3 Å². The van der Waals surface area contributed by atoms with Crippen molar-refractivity contribution < 1.29 is 91.4 Å². The topological polar surface area (TPSA) is 139 Å². The number of hydrogen-bond donors (Lipinski definition) is 1. The molecule has 0 radical (unpaired) electrons. The van der Waals surface area contributed by atoms with E-state index in [9.17, 15) is 0 Å². The van der Waals surface area contributed by atoms with Gasteiger partial charge in [-0.15, -0.1) is 0 Å². The van der Waals surface area contributed by atoms with Gasteiger partial charge in [-0.2, -0.15) is 5.26 Å². The summed E-state index contributed by atoms with van der Waals surface area (Å²) < 4.78 is 0. The molecule has 8 heavy (non-hydrogen) atoms. The molecule has 0 aromatic rings. The summed E-state index contributed by atoms with van der Waals surface area (Å²) in [4.78, 5) is 0. The Hall–Kier alpha value is 1.33. The van der Waals surface area contributed by atoms with E-state index < -0.39 is 0 Å². The van der Waals surface area contributed by atoms with Crippen LogP contribution < -0.4 is 51.4 Å². The SMILES string of the molecule is N#CO.O.O.O.[Fe].[H-].[K+]. The van der Waals surface area contributed by atoms with E-state index in [1.54, 1.807) is 0 Å².